The van der Waals surface area contributed by atoms with Crippen molar-refractivity contribution < 1.29 is 23.8 Å². The number of carbonyl (C=O) groups is 2. The van der Waals surface area contributed by atoms with Gasteiger partial charge in [0.2, 0.25) is 5.78 Å². The molecule has 1 atom stereocenters. The zero-order chi connectivity index (χ0) is 19.9. The van der Waals surface area contributed by atoms with Crippen molar-refractivity contribution in [3.8, 4) is 11.5 Å². The Balaban J connectivity index is 1.58. The number of carbonyl (C=O) groups excluding carboxylic acids is 2. The van der Waals surface area contributed by atoms with Crippen LogP contribution in [-0.4, -0.2) is 36.1 Å². The minimum absolute atomic E-state index is 0.266. The molecule has 146 valence electrons. The van der Waals surface area contributed by atoms with Crippen LogP contribution >= 0.6 is 0 Å². The van der Waals surface area contributed by atoms with Crippen LogP contribution in [0.3, 0.4) is 0 Å². The van der Waals surface area contributed by atoms with Gasteiger partial charge < -0.3 is 19.2 Å². The van der Waals surface area contributed by atoms with Crippen molar-refractivity contribution in [3.63, 3.8) is 0 Å². The molecular weight excluding hydrogens is 358 g/mol. The Hall–Kier alpha value is -3.28. The van der Waals surface area contributed by atoms with Gasteiger partial charge in [0.15, 0.2) is 24.2 Å². The third-order valence-electron chi connectivity index (χ3n) is 4.19. The van der Waals surface area contributed by atoms with Gasteiger partial charge in [-0.1, -0.05) is 37.3 Å². The fraction of sp³-hybridized carbons (Fsp3) is 0.273. The summed E-state index contributed by atoms with van der Waals surface area (Å²) in [6.07, 6.45) is 1.58. The molecule has 0 saturated carbocycles. The molecule has 0 unspecified atom stereocenters. The average Bonchev–Trinajstić information content (AvgIpc) is 3.14. The SMILES string of the molecule is CCCOc1ccccc1OCC(=O)O[C@H](C)C(=O)c1c[nH]c2ccccc12. The Morgan fingerprint density at radius 1 is 1.00 bits per heavy atom. The van der Waals surface area contributed by atoms with Crippen LogP contribution in [0.1, 0.15) is 30.6 Å². The standard InChI is InChI=1S/C22H23NO5/c1-3-12-26-19-10-6-7-11-20(19)27-14-21(24)28-15(2)22(25)17-13-23-18-9-5-4-8-16(17)18/h4-11,13,15,23H,3,12,14H2,1-2H3/t15-/m1/s1. The van der Waals surface area contributed by atoms with E-state index in [1.165, 1.54) is 0 Å². The largest absolute Gasteiger partial charge is 0.490 e. The Labute approximate surface area is 163 Å². The number of aromatic amines is 1. The first-order valence-corrected chi connectivity index (χ1v) is 9.24. The van der Waals surface area contributed by atoms with Crippen molar-refractivity contribution in [1.29, 1.82) is 0 Å². The lowest BCUT2D eigenvalue weighted by Crippen LogP contribution is -2.27. The molecule has 6 nitrogen and oxygen atoms in total. The third-order valence-corrected chi connectivity index (χ3v) is 4.19. The van der Waals surface area contributed by atoms with E-state index >= 15 is 0 Å². The number of benzene rings is 2. The highest BCUT2D eigenvalue weighted by atomic mass is 16.6. The predicted octanol–water partition coefficient (Wildman–Crippen LogP) is 4.15. The molecule has 0 aliphatic carbocycles. The van der Waals surface area contributed by atoms with Gasteiger partial charge in [-0.3, -0.25) is 4.79 Å². The van der Waals surface area contributed by atoms with Crippen molar-refractivity contribution >= 4 is 22.7 Å². The summed E-state index contributed by atoms with van der Waals surface area (Å²) >= 11 is 0. The molecular formula is C22H23NO5. The number of rotatable bonds is 9. The number of ether oxygens (including phenoxy) is 3. The van der Waals surface area contributed by atoms with Crippen molar-refractivity contribution in [1.82, 2.24) is 4.98 Å². The van der Waals surface area contributed by atoms with Gasteiger partial charge in [0, 0.05) is 22.7 Å². The Morgan fingerprint density at radius 3 is 2.43 bits per heavy atom. The number of esters is 1. The topological polar surface area (TPSA) is 77.6 Å². The maximum absolute atomic E-state index is 12.6. The monoisotopic (exact) mass is 381 g/mol. The van der Waals surface area contributed by atoms with E-state index < -0.39 is 12.1 Å². The van der Waals surface area contributed by atoms with E-state index in [4.69, 9.17) is 14.2 Å². The lowest BCUT2D eigenvalue weighted by Gasteiger charge is -2.14. The lowest BCUT2D eigenvalue weighted by molar-refractivity contribution is -0.148. The van der Waals surface area contributed by atoms with Crippen molar-refractivity contribution in [3.05, 3.63) is 60.3 Å². The van der Waals surface area contributed by atoms with E-state index in [1.807, 2.05) is 37.3 Å². The molecule has 0 radical (unpaired) electrons. The van der Waals surface area contributed by atoms with E-state index in [0.29, 0.717) is 23.7 Å². The number of hydrogen-bond donors (Lipinski definition) is 1. The van der Waals surface area contributed by atoms with Crippen molar-refractivity contribution in [2.75, 3.05) is 13.2 Å². The number of nitrogens with one attached hydrogen (secondary N) is 1. The summed E-state index contributed by atoms with van der Waals surface area (Å²) in [6, 6.07) is 14.6. The molecule has 3 aromatic rings. The summed E-state index contributed by atoms with van der Waals surface area (Å²) in [5, 5.41) is 0.800. The summed E-state index contributed by atoms with van der Waals surface area (Å²) < 4.78 is 16.4. The van der Waals surface area contributed by atoms with Gasteiger partial charge in [-0.2, -0.15) is 0 Å². The highest BCUT2D eigenvalue weighted by molar-refractivity contribution is 6.10. The summed E-state index contributed by atoms with van der Waals surface area (Å²) in [4.78, 5) is 27.8. The first kappa shape index (κ1) is 19.5. The molecule has 2 aromatic carbocycles. The first-order chi connectivity index (χ1) is 13.6. The molecule has 1 heterocycles. The van der Waals surface area contributed by atoms with Crippen LogP contribution in [0.5, 0.6) is 11.5 Å². The normalized spacial score (nSPS) is 11.8. The summed E-state index contributed by atoms with van der Waals surface area (Å²) in [6.45, 7) is 3.81. The second kappa shape index (κ2) is 9.08. The number of Topliss-reactive ketones (excluding diaryl/α,β-unsaturated/α-hetero) is 1. The van der Waals surface area contributed by atoms with Gasteiger partial charge in [0.25, 0.3) is 0 Å². The molecule has 3 rings (SSSR count). The molecule has 0 spiro atoms. The highest BCUT2D eigenvalue weighted by Gasteiger charge is 2.22. The van der Waals surface area contributed by atoms with Gasteiger partial charge in [0.05, 0.1) is 6.61 Å². The number of fused-ring (bicyclic) bond motifs is 1. The molecule has 0 aliphatic rings. The summed E-state index contributed by atoms with van der Waals surface area (Å²) in [7, 11) is 0. The molecule has 0 amide bonds. The minimum Gasteiger partial charge on any atom is -0.490 e. The second-order valence-corrected chi connectivity index (χ2v) is 6.33. The molecule has 1 aromatic heterocycles. The Morgan fingerprint density at radius 2 is 1.68 bits per heavy atom. The van der Waals surface area contributed by atoms with E-state index in [2.05, 4.69) is 4.98 Å². The smallest absolute Gasteiger partial charge is 0.344 e. The fourth-order valence-corrected chi connectivity index (χ4v) is 2.82. The zero-order valence-corrected chi connectivity index (χ0v) is 15.9. The van der Waals surface area contributed by atoms with Crippen LogP contribution in [0.15, 0.2) is 54.7 Å². The Bertz CT molecular complexity index is 962. The van der Waals surface area contributed by atoms with Crippen LogP contribution in [0.25, 0.3) is 10.9 Å². The predicted molar refractivity (Wildman–Crippen MR) is 106 cm³/mol. The van der Waals surface area contributed by atoms with E-state index in [1.54, 1.807) is 31.3 Å². The second-order valence-electron chi connectivity index (χ2n) is 6.33. The summed E-state index contributed by atoms with van der Waals surface area (Å²) in [5.41, 5.74) is 1.35. The van der Waals surface area contributed by atoms with Gasteiger partial charge in [-0.15, -0.1) is 0 Å². The van der Waals surface area contributed by atoms with E-state index in [-0.39, 0.29) is 12.4 Å². The number of H-pyrrole nitrogens is 1. The number of aromatic nitrogens is 1. The molecule has 1 N–H and O–H groups in total. The molecule has 28 heavy (non-hydrogen) atoms. The van der Waals surface area contributed by atoms with Crippen LogP contribution < -0.4 is 9.47 Å². The molecule has 0 fully saturated rings. The van der Waals surface area contributed by atoms with Crippen LogP contribution in [0.4, 0.5) is 0 Å². The van der Waals surface area contributed by atoms with Gasteiger partial charge in [0.1, 0.15) is 0 Å². The third kappa shape index (κ3) is 4.52. The molecule has 0 saturated heterocycles. The van der Waals surface area contributed by atoms with Crippen molar-refractivity contribution in [2.45, 2.75) is 26.4 Å². The first-order valence-electron chi connectivity index (χ1n) is 9.24. The number of para-hydroxylation sites is 3. The highest BCUT2D eigenvalue weighted by Crippen LogP contribution is 2.26. The average molecular weight is 381 g/mol. The van der Waals surface area contributed by atoms with Gasteiger partial charge in [-0.25, -0.2) is 4.79 Å². The number of hydrogen-bond acceptors (Lipinski definition) is 5. The van der Waals surface area contributed by atoms with Crippen LogP contribution in [-0.2, 0) is 9.53 Å². The van der Waals surface area contributed by atoms with Gasteiger partial charge >= 0.3 is 5.97 Å². The molecule has 0 bridgehead atoms. The maximum Gasteiger partial charge on any atom is 0.344 e. The minimum atomic E-state index is -0.915. The Kier molecular flexibility index (Phi) is 6.32. The summed E-state index contributed by atoms with van der Waals surface area (Å²) in [5.74, 6) is 0.145. The fourth-order valence-electron chi connectivity index (χ4n) is 2.82. The van der Waals surface area contributed by atoms with E-state index in [9.17, 15) is 9.59 Å². The van der Waals surface area contributed by atoms with Crippen molar-refractivity contribution in [2.24, 2.45) is 0 Å². The van der Waals surface area contributed by atoms with Crippen LogP contribution in [0, 0.1) is 0 Å². The number of ketones is 1. The molecule has 6 heteroatoms. The zero-order valence-electron chi connectivity index (χ0n) is 15.9. The van der Waals surface area contributed by atoms with E-state index in [0.717, 1.165) is 17.3 Å². The molecule has 0 aliphatic heterocycles. The maximum atomic E-state index is 12.6. The quantitative estimate of drug-likeness (QED) is 0.445. The van der Waals surface area contributed by atoms with Crippen LogP contribution in [0.2, 0.25) is 0 Å². The van der Waals surface area contributed by atoms with Gasteiger partial charge in [-0.05, 0) is 31.5 Å². The lowest BCUT2D eigenvalue weighted by atomic mass is 10.1.